The third kappa shape index (κ3) is 3.78. The first-order valence-electron chi connectivity index (χ1n) is 7.16. The Morgan fingerprint density at radius 2 is 2.04 bits per heavy atom. The lowest BCUT2D eigenvalue weighted by molar-refractivity contribution is 0.105. The number of aryl methyl sites for hydroxylation is 1. The average molecular weight is 343 g/mol. The first-order valence-corrected chi connectivity index (χ1v) is 8.35. The molecule has 0 saturated carbocycles. The molecular formula is C18H15ClN2OS. The van der Waals surface area contributed by atoms with Crippen LogP contribution in [0.25, 0.3) is 6.08 Å². The second kappa shape index (κ2) is 6.94. The topological polar surface area (TPSA) is 34.9 Å². The molecule has 0 spiro atoms. The third-order valence-electron chi connectivity index (χ3n) is 3.46. The van der Waals surface area contributed by atoms with Gasteiger partial charge in [-0.25, -0.2) is 0 Å². The van der Waals surface area contributed by atoms with Crippen molar-refractivity contribution in [3.05, 3.63) is 80.8 Å². The second-order valence-electron chi connectivity index (χ2n) is 5.13. The van der Waals surface area contributed by atoms with E-state index in [0.717, 1.165) is 17.0 Å². The van der Waals surface area contributed by atoms with E-state index in [0.29, 0.717) is 5.02 Å². The van der Waals surface area contributed by atoms with E-state index < -0.39 is 0 Å². The summed E-state index contributed by atoms with van der Waals surface area (Å²) in [4.78, 5) is 14.2. The summed E-state index contributed by atoms with van der Waals surface area (Å²) in [6.45, 7) is 0. The Kier molecular flexibility index (Phi) is 4.74. The van der Waals surface area contributed by atoms with Gasteiger partial charge in [-0.1, -0.05) is 41.9 Å². The number of carbonyl (C=O) groups excluding carboxylic acids is 1. The van der Waals surface area contributed by atoms with E-state index in [1.54, 1.807) is 30.1 Å². The molecule has 0 saturated heterocycles. The molecule has 0 unspecified atom stereocenters. The summed E-state index contributed by atoms with van der Waals surface area (Å²) in [5.74, 6) is -0.0217. The molecular weight excluding hydrogens is 328 g/mol. The summed E-state index contributed by atoms with van der Waals surface area (Å²) in [5.41, 5.74) is 1.96. The van der Waals surface area contributed by atoms with Crippen LogP contribution in [0.15, 0.2) is 54.7 Å². The van der Waals surface area contributed by atoms with Gasteiger partial charge in [0.05, 0.1) is 21.8 Å². The number of halogens is 1. The molecule has 0 aliphatic carbocycles. The van der Waals surface area contributed by atoms with Gasteiger partial charge in [0, 0.05) is 18.3 Å². The van der Waals surface area contributed by atoms with Gasteiger partial charge >= 0.3 is 0 Å². The van der Waals surface area contributed by atoms with Crippen LogP contribution in [-0.4, -0.2) is 15.6 Å². The Morgan fingerprint density at radius 3 is 2.74 bits per heavy atom. The summed E-state index contributed by atoms with van der Waals surface area (Å²) in [6.07, 6.45) is 5.65. The number of ketones is 1. The maximum absolute atomic E-state index is 12.3. The van der Waals surface area contributed by atoms with E-state index >= 15 is 0 Å². The number of benzene rings is 1. The molecule has 2 heterocycles. The fourth-order valence-corrected chi connectivity index (χ4v) is 3.44. The highest BCUT2D eigenvalue weighted by atomic mass is 35.5. The minimum Gasteiger partial charge on any atom is -0.288 e. The van der Waals surface area contributed by atoms with Crippen LogP contribution in [0.2, 0.25) is 5.02 Å². The lowest BCUT2D eigenvalue weighted by atomic mass is 10.1. The van der Waals surface area contributed by atoms with E-state index in [-0.39, 0.29) is 5.78 Å². The van der Waals surface area contributed by atoms with Gasteiger partial charge < -0.3 is 0 Å². The zero-order valence-electron chi connectivity index (χ0n) is 12.6. The summed E-state index contributed by atoms with van der Waals surface area (Å²) < 4.78 is 1.64. The van der Waals surface area contributed by atoms with Gasteiger partial charge in [-0.05, 0) is 29.8 Å². The Bertz CT molecular complexity index is 830. The average Bonchev–Trinajstić information content (AvgIpc) is 3.14. The number of aromatic nitrogens is 2. The Hall–Kier alpha value is -2.17. The smallest absolute Gasteiger partial charge is 0.195 e. The molecule has 3 rings (SSSR count). The minimum absolute atomic E-state index is 0.0217. The molecule has 5 heteroatoms. The maximum Gasteiger partial charge on any atom is 0.195 e. The third-order valence-corrected chi connectivity index (χ3v) is 4.85. The summed E-state index contributed by atoms with van der Waals surface area (Å²) >= 11 is 7.55. The van der Waals surface area contributed by atoms with Gasteiger partial charge in [0.25, 0.3) is 0 Å². The molecule has 116 valence electrons. The molecule has 0 aliphatic heterocycles. The monoisotopic (exact) mass is 342 g/mol. The van der Waals surface area contributed by atoms with Gasteiger partial charge in [-0.15, -0.1) is 11.3 Å². The van der Waals surface area contributed by atoms with Crippen LogP contribution in [0.3, 0.4) is 0 Å². The van der Waals surface area contributed by atoms with E-state index in [1.165, 1.54) is 21.8 Å². The highest BCUT2D eigenvalue weighted by Crippen LogP contribution is 2.22. The predicted molar refractivity (Wildman–Crippen MR) is 95.1 cm³/mol. The van der Waals surface area contributed by atoms with Crippen molar-refractivity contribution in [2.75, 3.05) is 0 Å². The SMILES string of the molecule is Cn1ncc(Cl)c1/C=C/C(=O)c1ccc(Cc2ccccc2)s1. The molecule has 3 nitrogen and oxygen atoms in total. The van der Waals surface area contributed by atoms with Gasteiger partial charge in [0.2, 0.25) is 0 Å². The van der Waals surface area contributed by atoms with Gasteiger partial charge in [-0.3, -0.25) is 9.48 Å². The van der Waals surface area contributed by atoms with Gasteiger partial charge in [0.15, 0.2) is 5.78 Å². The molecule has 2 aromatic heterocycles. The maximum atomic E-state index is 12.3. The van der Waals surface area contributed by atoms with Crippen LogP contribution in [0.5, 0.6) is 0 Å². The molecule has 0 fully saturated rings. The number of thiophene rings is 1. The molecule has 23 heavy (non-hydrogen) atoms. The molecule has 1 aromatic carbocycles. The Balaban J connectivity index is 1.71. The first-order chi connectivity index (χ1) is 11.1. The van der Waals surface area contributed by atoms with Crippen molar-refractivity contribution in [3.63, 3.8) is 0 Å². The number of nitrogens with zero attached hydrogens (tertiary/aromatic N) is 2. The minimum atomic E-state index is -0.0217. The zero-order valence-corrected chi connectivity index (χ0v) is 14.1. The molecule has 3 aromatic rings. The van der Waals surface area contributed by atoms with Gasteiger partial charge in [0.1, 0.15) is 0 Å². The number of hydrogen-bond donors (Lipinski definition) is 0. The van der Waals surface area contributed by atoms with Crippen molar-refractivity contribution in [1.82, 2.24) is 9.78 Å². The van der Waals surface area contributed by atoms with E-state index in [2.05, 4.69) is 17.2 Å². The number of hydrogen-bond acceptors (Lipinski definition) is 3. The summed E-state index contributed by atoms with van der Waals surface area (Å²) in [7, 11) is 1.79. The normalized spacial score (nSPS) is 11.2. The van der Waals surface area contributed by atoms with Crippen LogP contribution in [0, 0.1) is 0 Å². The number of rotatable bonds is 5. The highest BCUT2D eigenvalue weighted by molar-refractivity contribution is 7.14. The van der Waals surface area contributed by atoms with Crippen molar-refractivity contribution in [3.8, 4) is 0 Å². The zero-order chi connectivity index (χ0) is 16.2. The summed E-state index contributed by atoms with van der Waals surface area (Å²) in [5, 5.41) is 4.58. The first kappa shape index (κ1) is 15.7. The van der Waals surface area contributed by atoms with Crippen molar-refractivity contribution >= 4 is 34.8 Å². The Morgan fingerprint density at radius 1 is 1.26 bits per heavy atom. The largest absolute Gasteiger partial charge is 0.288 e. The quantitative estimate of drug-likeness (QED) is 0.501. The van der Waals surface area contributed by atoms with Crippen LogP contribution >= 0.6 is 22.9 Å². The van der Waals surface area contributed by atoms with Gasteiger partial charge in [-0.2, -0.15) is 5.10 Å². The fourth-order valence-electron chi connectivity index (χ4n) is 2.25. The molecule has 0 bridgehead atoms. The molecule has 0 amide bonds. The molecule has 0 aliphatic rings. The molecule has 0 radical (unpaired) electrons. The van der Waals surface area contributed by atoms with Crippen LogP contribution in [-0.2, 0) is 13.5 Å². The number of allylic oxidation sites excluding steroid dienone is 1. The Labute approximate surface area is 143 Å². The van der Waals surface area contributed by atoms with Crippen molar-refractivity contribution in [1.29, 1.82) is 0 Å². The predicted octanol–water partition coefficient (Wildman–Crippen LogP) is 4.62. The van der Waals surface area contributed by atoms with Crippen molar-refractivity contribution in [2.45, 2.75) is 6.42 Å². The van der Waals surface area contributed by atoms with Crippen LogP contribution in [0.1, 0.15) is 25.8 Å². The van der Waals surface area contributed by atoms with E-state index in [1.807, 2.05) is 30.3 Å². The lowest BCUT2D eigenvalue weighted by Gasteiger charge is -1.97. The molecule has 0 N–H and O–H groups in total. The standard InChI is InChI=1S/C18H15ClN2OS/c1-21-16(15(19)12-20-21)8-9-17(22)18-10-7-14(23-18)11-13-5-3-2-4-6-13/h2-10,12H,11H2,1H3/b9-8+. The van der Waals surface area contributed by atoms with Crippen molar-refractivity contribution in [2.24, 2.45) is 7.05 Å². The fraction of sp³-hybridized carbons (Fsp3) is 0.111. The van der Waals surface area contributed by atoms with E-state index in [9.17, 15) is 4.79 Å². The van der Waals surface area contributed by atoms with Crippen molar-refractivity contribution < 1.29 is 4.79 Å². The summed E-state index contributed by atoms with van der Waals surface area (Å²) in [6, 6.07) is 14.1. The van der Waals surface area contributed by atoms with Crippen LogP contribution < -0.4 is 0 Å². The number of carbonyl (C=O) groups is 1. The highest BCUT2D eigenvalue weighted by Gasteiger charge is 2.08. The van der Waals surface area contributed by atoms with E-state index in [4.69, 9.17) is 11.6 Å². The second-order valence-corrected chi connectivity index (χ2v) is 6.70. The molecule has 0 atom stereocenters. The lowest BCUT2D eigenvalue weighted by Crippen LogP contribution is -1.94. The van der Waals surface area contributed by atoms with Crippen LogP contribution in [0.4, 0.5) is 0 Å².